The Morgan fingerprint density at radius 3 is 2.47 bits per heavy atom. The van der Waals surface area contributed by atoms with Gasteiger partial charge in [-0.1, -0.05) is 0 Å². The van der Waals surface area contributed by atoms with Gasteiger partial charge in [0.25, 0.3) is 0 Å². The van der Waals surface area contributed by atoms with Gasteiger partial charge in [0.15, 0.2) is 0 Å². The molecule has 0 aromatic carbocycles. The quantitative estimate of drug-likeness (QED) is 0.482. The average Bonchev–Trinajstić information content (AvgIpc) is 3.19. The predicted molar refractivity (Wildman–Crippen MR) is 119 cm³/mol. The van der Waals surface area contributed by atoms with Crippen molar-refractivity contribution in [1.29, 1.82) is 0 Å². The van der Waals surface area contributed by atoms with Crippen LogP contribution >= 0.6 is 22.9 Å². The number of aromatic nitrogens is 2. The summed E-state index contributed by atoms with van der Waals surface area (Å²) in [6.07, 6.45) is 5.51. The van der Waals surface area contributed by atoms with Crippen molar-refractivity contribution >= 4 is 34.9 Å². The van der Waals surface area contributed by atoms with Crippen molar-refractivity contribution in [2.24, 2.45) is 23.2 Å². The van der Waals surface area contributed by atoms with E-state index < -0.39 is 0 Å². The lowest BCUT2D eigenvalue weighted by atomic mass is 9.48. The minimum absolute atomic E-state index is 0.0410. The molecule has 5 aliphatic rings. The Kier molecular flexibility index (Phi) is 5.18. The number of nitrogens with one attached hydrogen (secondary N) is 1. The number of hydrogen-bond acceptors (Lipinski definition) is 5. The minimum atomic E-state index is -0.236. The molecule has 162 valence electrons. The summed E-state index contributed by atoms with van der Waals surface area (Å²) in [6.45, 7) is 5.27. The van der Waals surface area contributed by atoms with Crippen LogP contribution in [0.3, 0.4) is 0 Å². The highest BCUT2D eigenvalue weighted by atomic mass is 127. The van der Waals surface area contributed by atoms with E-state index in [0.29, 0.717) is 30.8 Å². The largest absolute Gasteiger partial charge is 0.446 e. The molecule has 1 aromatic rings. The van der Waals surface area contributed by atoms with Crippen LogP contribution in [0.2, 0.25) is 0 Å². The Morgan fingerprint density at radius 2 is 1.83 bits per heavy atom. The fraction of sp³-hybridized carbons (Fsp3) is 0.727. The Labute approximate surface area is 191 Å². The standard InChI is InChI=1S/C22H29IN4O3/c1-12-5-13(2)25-19(24-12)15-3-4-27(11-15)21(29)30-18-16-6-14-7-17(18)10-22(8-14,9-16)20(28)26-23/h5,14-18H,3-4,6-11H2,1-2H3,(H,26,28). The molecule has 5 fully saturated rings. The van der Waals surface area contributed by atoms with E-state index in [1.54, 1.807) is 0 Å². The van der Waals surface area contributed by atoms with Crippen molar-refractivity contribution in [1.82, 2.24) is 18.4 Å². The Morgan fingerprint density at radius 1 is 1.17 bits per heavy atom. The highest BCUT2D eigenvalue weighted by molar-refractivity contribution is 14.1. The maximum Gasteiger partial charge on any atom is 0.410 e. The second-order valence-electron chi connectivity index (χ2n) is 9.96. The van der Waals surface area contributed by atoms with E-state index in [0.717, 1.165) is 55.7 Å². The highest BCUT2D eigenvalue weighted by Crippen LogP contribution is 2.61. The lowest BCUT2D eigenvalue weighted by Gasteiger charge is -2.58. The fourth-order valence-electron chi connectivity index (χ4n) is 6.81. The van der Waals surface area contributed by atoms with Crippen molar-refractivity contribution in [2.45, 2.75) is 64.4 Å². The zero-order valence-corrected chi connectivity index (χ0v) is 19.7. The summed E-state index contributed by atoms with van der Waals surface area (Å²) in [5.74, 6) is 2.41. The van der Waals surface area contributed by atoms with E-state index in [1.165, 1.54) is 0 Å². The van der Waals surface area contributed by atoms with Gasteiger partial charge in [0.2, 0.25) is 5.91 Å². The third-order valence-corrected chi connectivity index (χ3v) is 8.29. The Balaban J connectivity index is 1.24. The van der Waals surface area contributed by atoms with E-state index in [4.69, 9.17) is 4.74 Å². The lowest BCUT2D eigenvalue weighted by Crippen LogP contribution is -2.59. The molecule has 4 bridgehead atoms. The van der Waals surface area contributed by atoms with Gasteiger partial charge in [0.1, 0.15) is 11.9 Å². The molecule has 1 saturated heterocycles. The number of carbonyl (C=O) groups excluding carboxylic acids is 2. The number of aryl methyl sites for hydroxylation is 2. The summed E-state index contributed by atoms with van der Waals surface area (Å²) in [4.78, 5) is 36.6. The molecular weight excluding hydrogens is 495 g/mol. The van der Waals surface area contributed by atoms with Crippen molar-refractivity contribution in [2.75, 3.05) is 13.1 Å². The van der Waals surface area contributed by atoms with E-state index >= 15 is 0 Å². The third kappa shape index (κ3) is 3.48. The molecule has 1 aliphatic heterocycles. The van der Waals surface area contributed by atoms with Gasteiger partial charge in [-0.25, -0.2) is 14.8 Å². The molecule has 0 spiro atoms. The van der Waals surface area contributed by atoms with Gasteiger partial charge in [-0.15, -0.1) is 0 Å². The van der Waals surface area contributed by atoms with Crippen molar-refractivity contribution in [3.63, 3.8) is 0 Å². The second-order valence-corrected chi connectivity index (χ2v) is 10.5. The molecular formula is C22H29IN4O3. The highest BCUT2D eigenvalue weighted by Gasteiger charge is 2.59. The molecule has 2 amide bonds. The van der Waals surface area contributed by atoms with Gasteiger partial charge in [-0.3, -0.25) is 8.32 Å². The number of hydrogen-bond donors (Lipinski definition) is 1. The number of nitrogens with zero attached hydrogens (tertiary/aromatic N) is 3. The Hall–Kier alpha value is -1.45. The molecule has 2 heterocycles. The van der Waals surface area contributed by atoms with Gasteiger partial charge >= 0.3 is 6.09 Å². The molecule has 8 heteroatoms. The topological polar surface area (TPSA) is 84.4 Å². The van der Waals surface area contributed by atoms with E-state index in [2.05, 4.69) is 13.5 Å². The number of rotatable bonds is 3. The minimum Gasteiger partial charge on any atom is -0.446 e. The van der Waals surface area contributed by atoms with Crippen molar-refractivity contribution in [3.05, 3.63) is 23.3 Å². The number of amides is 2. The van der Waals surface area contributed by atoms with Gasteiger partial charge in [0, 0.05) is 30.4 Å². The molecule has 6 rings (SSSR count). The monoisotopic (exact) mass is 524 g/mol. The summed E-state index contributed by atoms with van der Waals surface area (Å²) in [5.41, 5.74) is 1.70. The first-order valence-corrected chi connectivity index (χ1v) is 12.1. The van der Waals surface area contributed by atoms with Crippen LogP contribution in [-0.2, 0) is 9.53 Å². The number of carbonyl (C=O) groups is 2. The number of likely N-dealkylation sites (tertiary alicyclic amines) is 1. The first-order chi connectivity index (χ1) is 14.4. The summed E-state index contributed by atoms with van der Waals surface area (Å²) in [7, 11) is 0. The zero-order chi connectivity index (χ0) is 21.0. The molecule has 30 heavy (non-hydrogen) atoms. The zero-order valence-electron chi connectivity index (χ0n) is 17.6. The molecule has 1 aromatic heterocycles. The van der Waals surface area contributed by atoms with Crippen LogP contribution in [0.15, 0.2) is 6.07 Å². The molecule has 1 N–H and O–H groups in total. The molecule has 0 radical (unpaired) electrons. The summed E-state index contributed by atoms with van der Waals surface area (Å²) >= 11 is 1.96. The van der Waals surface area contributed by atoms with Crippen molar-refractivity contribution in [3.8, 4) is 0 Å². The van der Waals surface area contributed by atoms with Gasteiger partial charge in [-0.05, 0) is 76.2 Å². The molecule has 3 atom stereocenters. The smallest absolute Gasteiger partial charge is 0.410 e. The van der Waals surface area contributed by atoms with Crippen LogP contribution in [0.4, 0.5) is 4.79 Å². The van der Waals surface area contributed by atoms with E-state index in [-0.39, 0.29) is 29.4 Å². The Bertz CT molecular complexity index is 842. The van der Waals surface area contributed by atoms with Crippen LogP contribution in [0.25, 0.3) is 0 Å². The average molecular weight is 524 g/mol. The predicted octanol–water partition coefficient (Wildman–Crippen LogP) is 3.68. The summed E-state index contributed by atoms with van der Waals surface area (Å²) in [5, 5.41) is 0. The van der Waals surface area contributed by atoms with Crippen LogP contribution in [-0.4, -0.2) is 46.1 Å². The van der Waals surface area contributed by atoms with E-state index in [9.17, 15) is 9.59 Å². The number of ether oxygens (including phenoxy) is 1. The fourth-order valence-corrected chi connectivity index (χ4v) is 7.38. The van der Waals surface area contributed by atoms with Gasteiger partial charge < -0.3 is 9.64 Å². The molecule has 7 nitrogen and oxygen atoms in total. The van der Waals surface area contributed by atoms with Crippen LogP contribution in [0, 0.1) is 37.0 Å². The lowest BCUT2D eigenvalue weighted by molar-refractivity contribution is -0.162. The van der Waals surface area contributed by atoms with Crippen LogP contribution in [0.1, 0.15) is 61.7 Å². The summed E-state index contributed by atoms with van der Waals surface area (Å²) < 4.78 is 8.97. The van der Waals surface area contributed by atoms with Gasteiger partial charge in [0.05, 0.1) is 28.3 Å². The number of halogens is 1. The maximum atomic E-state index is 13.0. The van der Waals surface area contributed by atoms with Crippen LogP contribution in [0.5, 0.6) is 0 Å². The summed E-state index contributed by atoms with van der Waals surface area (Å²) in [6, 6.07) is 1.97. The van der Waals surface area contributed by atoms with Gasteiger partial charge in [-0.2, -0.15) is 0 Å². The first kappa shape index (κ1) is 20.5. The molecule has 4 aliphatic carbocycles. The maximum absolute atomic E-state index is 13.0. The normalized spacial score (nSPS) is 36.8. The van der Waals surface area contributed by atoms with Crippen LogP contribution < -0.4 is 3.53 Å². The van der Waals surface area contributed by atoms with Crippen molar-refractivity contribution < 1.29 is 14.3 Å². The molecule has 3 unspecified atom stereocenters. The molecule has 4 saturated carbocycles. The SMILES string of the molecule is Cc1cc(C)nc(C2CCN(C(=O)OC3C4CC5CC3CC(C(=O)NI)(C5)C4)C2)n1. The van der Waals surface area contributed by atoms with E-state index in [1.807, 2.05) is 47.7 Å². The second kappa shape index (κ2) is 7.60. The third-order valence-electron chi connectivity index (χ3n) is 7.80. The first-order valence-electron chi connectivity index (χ1n) is 11.1.